The number of primary amides is 1. The molecule has 1 amide bonds. The molecule has 1 saturated heterocycles. The van der Waals surface area contributed by atoms with E-state index in [4.69, 9.17) is 22.1 Å². The Bertz CT molecular complexity index is 428. The highest BCUT2D eigenvalue weighted by atomic mass is 35.5. The molecule has 0 bridgehead atoms. The van der Waals surface area contributed by atoms with E-state index in [1.807, 2.05) is 24.3 Å². The molecule has 0 unspecified atom stereocenters. The van der Waals surface area contributed by atoms with E-state index < -0.39 is 5.41 Å². The highest BCUT2D eigenvalue weighted by molar-refractivity contribution is 6.30. The van der Waals surface area contributed by atoms with Crippen LogP contribution in [0.3, 0.4) is 0 Å². The van der Waals surface area contributed by atoms with Gasteiger partial charge in [-0.3, -0.25) is 4.79 Å². The molecule has 5 heteroatoms. The van der Waals surface area contributed by atoms with Crippen LogP contribution in [0.1, 0.15) is 18.4 Å². The topological polar surface area (TPSA) is 64.4 Å². The predicted molar refractivity (Wildman–Crippen MR) is 74.8 cm³/mol. The minimum Gasteiger partial charge on any atom is -0.381 e. The van der Waals surface area contributed by atoms with Gasteiger partial charge in [-0.15, -0.1) is 0 Å². The van der Waals surface area contributed by atoms with Gasteiger partial charge in [0.25, 0.3) is 0 Å². The monoisotopic (exact) mass is 282 g/mol. The van der Waals surface area contributed by atoms with Crippen LogP contribution >= 0.6 is 11.6 Å². The van der Waals surface area contributed by atoms with Gasteiger partial charge in [0.2, 0.25) is 5.91 Å². The number of halogens is 1. The third kappa shape index (κ3) is 3.69. The molecule has 0 spiro atoms. The fourth-order valence-corrected chi connectivity index (χ4v) is 2.45. The number of nitrogens with two attached hydrogens (primary N) is 1. The van der Waals surface area contributed by atoms with E-state index in [1.165, 1.54) is 0 Å². The van der Waals surface area contributed by atoms with Gasteiger partial charge in [0.1, 0.15) is 0 Å². The van der Waals surface area contributed by atoms with Gasteiger partial charge in [-0.05, 0) is 30.5 Å². The highest BCUT2D eigenvalue weighted by Crippen LogP contribution is 2.29. The van der Waals surface area contributed by atoms with Crippen LogP contribution in [0, 0.1) is 5.41 Å². The average molecular weight is 283 g/mol. The summed E-state index contributed by atoms with van der Waals surface area (Å²) in [7, 11) is 0. The summed E-state index contributed by atoms with van der Waals surface area (Å²) in [5.74, 6) is -0.237. The van der Waals surface area contributed by atoms with Gasteiger partial charge in [-0.25, -0.2) is 0 Å². The molecule has 2 rings (SSSR count). The summed E-state index contributed by atoms with van der Waals surface area (Å²) in [6, 6.07) is 7.65. The Morgan fingerprint density at radius 1 is 1.32 bits per heavy atom. The van der Waals surface area contributed by atoms with Crippen molar-refractivity contribution in [3.05, 3.63) is 34.9 Å². The molecule has 0 saturated carbocycles. The smallest absolute Gasteiger partial charge is 0.225 e. The third-order valence-corrected chi connectivity index (χ3v) is 3.93. The van der Waals surface area contributed by atoms with Crippen LogP contribution in [-0.2, 0) is 16.1 Å². The van der Waals surface area contributed by atoms with E-state index in [0.29, 0.717) is 39.1 Å². The Morgan fingerprint density at radius 3 is 2.53 bits per heavy atom. The van der Waals surface area contributed by atoms with Gasteiger partial charge < -0.3 is 15.8 Å². The largest absolute Gasteiger partial charge is 0.381 e. The first-order valence-corrected chi connectivity index (χ1v) is 6.83. The Morgan fingerprint density at radius 2 is 1.95 bits per heavy atom. The van der Waals surface area contributed by atoms with Gasteiger partial charge in [0, 0.05) is 31.3 Å². The normalized spacial score (nSPS) is 18.2. The van der Waals surface area contributed by atoms with E-state index in [9.17, 15) is 4.79 Å². The molecule has 19 heavy (non-hydrogen) atoms. The van der Waals surface area contributed by atoms with Crippen LogP contribution in [0.4, 0.5) is 0 Å². The molecule has 0 aromatic heterocycles. The second kappa shape index (κ2) is 6.37. The molecule has 0 radical (unpaired) electrons. The van der Waals surface area contributed by atoms with Gasteiger partial charge in [-0.1, -0.05) is 23.7 Å². The molecular formula is C14H19ClN2O2. The summed E-state index contributed by atoms with van der Waals surface area (Å²) in [6.45, 7) is 2.50. The van der Waals surface area contributed by atoms with E-state index in [2.05, 4.69) is 5.32 Å². The lowest BCUT2D eigenvalue weighted by molar-refractivity contribution is -0.132. The maximum Gasteiger partial charge on any atom is 0.225 e. The maximum absolute atomic E-state index is 11.7. The molecule has 1 aromatic rings. The van der Waals surface area contributed by atoms with Crippen molar-refractivity contribution < 1.29 is 9.53 Å². The number of rotatable bonds is 5. The fraction of sp³-hybridized carbons (Fsp3) is 0.500. The Balaban J connectivity index is 1.89. The lowest BCUT2D eigenvalue weighted by Gasteiger charge is -2.34. The molecule has 3 N–H and O–H groups in total. The summed E-state index contributed by atoms with van der Waals surface area (Å²) >= 11 is 5.84. The van der Waals surface area contributed by atoms with Crippen LogP contribution < -0.4 is 11.1 Å². The number of nitrogens with one attached hydrogen (secondary N) is 1. The lowest BCUT2D eigenvalue weighted by atomic mass is 9.79. The number of hydrogen-bond donors (Lipinski definition) is 2. The predicted octanol–water partition coefficient (Wildman–Crippen LogP) is 1.71. The number of hydrogen-bond acceptors (Lipinski definition) is 3. The van der Waals surface area contributed by atoms with Crippen LogP contribution in [0.15, 0.2) is 24.3 Å². The van der Waals surface area contributed by atoms with Gasteiger partial charge in [-0.2, -0.15) is 0 Å². The summed E-state index contributed by atoms with van der Waals surface area (Å²) in [4.78, 5) is 11.7. The van der Waals surface area contributed by atoms with Crippen molar-refractivity contribution >= 4 is 17.5 Å². The number of ether oxygens (including phenoxy) is 1. The highest BCUT2D eigenvalue weighted by Gasteiger charge is 2.37. The van der Waals surface area contributed by atoms with Gasteiger partial charge in [0.05, 0.1) is 5.41 Å². The van der Waals surface area contributed by atoms with Crippen molar-refractivity contribution in [1.82, 2.24) is 5.32 Å². The number of carbonyl (C=O) groups is 1. The Labute approximate surface area is 118 Å². The summed E-state index contributed by atoms with van der Waals surface area (Å²) in [5, 5.41) is 4.04. The van der Waals surface area contributed by atoms with E-state index >= 15 is 0 Å². The van der Waals surface area contributed by atoms with Crippen LogP contribution in [-0.4, -0.2) is 25.7 Å². The minimum absolute atomic E-state index is 0.237. The first-order chi connectivity index (χ1) is 9.12. The first kappa shape index (κ1) is 14.3. The molecule has 0 atom stereocenters. The fourth-order valence-electron chi connectivity index (χ4n) is 2.32. The van der Waals surface area contributed by atoms with Gasteiger partial charge >= 0.3 is 0 Å². The second-order valence-electron chi connectivity index (χ2n) is 4.99. The van der Waals surface area contributed by atoms with Crippen molar-refractivity contribution in [2.45, 2.75) is 19.4 Å². The molecule has 1 aliphatic rings. The van der Waals surface area contributed by atoms with Crippen molar-refractivity contribution in [1.29, 1.82) is 0 Å². The molecule has 1 heterocycles. The SMILES string of the molecule is NC(=O)C1(CNCc2ccc(Cl)cc2)CCOCC1. The molecule has 1 aromatic carbocycles. The third-order valence-electron chi connectivity index (χ3n) is 3.68. The van der Waals surface area contributed by atoms with Crippen LogP contribution in [0.2, 0.25) is 5.02 Å². The molecule has 4 nitrogen and oxygen atoms in total. The minimum atomic E-state index is -0.468. The quantitative estimate of drug-likeness (QED) is 0.864. The summed E-state index contributed by atoms with van der Waals surface area (Å²) in [5.41, 5.74) is 6.22. The average Bonchev–Trinajstić information content (AvgIpc) is 2.42. The number of benzene rings is 1. The summed E-state index contributed by atoms with van der Waals surface area (Å²) < 4.78 is 5.30. The van der Waals surface area contributed by atoms with E-state index in [1.54, 1.807) is 0 Å². The number of carbonyl (C=O) groups excluding carboxylic acids is 1. The lowest BCUT2D eigenvalue weighted by Crippen LogP contribution is -2.48. The molecule has 104 valence electrons. The Kier molecular flexibility index (Phi) is 4.80. The van der Waals surface area contributed by atoms with Crippen LogP contribution in [0.25, 0.3) is 0 Å². The van der Waals surface area contributed by atoms with Crippen molar-refractivity contribution in [3.63, 3.8) is 0 Å². The van der Waals surface area contributed by atoms with Crippen molar-refractivity contribution in [2.75, 3.05) is 19.8 Å². The first-order valence-electron chi connectivity index (χ1n) is 6.45. The molecule has 1 aliphatic heterocycles. The van der Waals surface area contributed by atoms with Crippen LogP contribution in [0.5, 0.6) is 0 Å². The zero-order valence-electron chi connectivity index (χ0n) is 10.8. The van der Waals surface area contributed by atoms with E-state index in [0.717, 1.165) is 10.6 Å². The zero-order chi connectivity index (χ0) is 13.7. The van der Waals surface area contributed by atoms with Crippen molar-refractivity contribution in [3.8, 4) is 0 Å². The Hall–Kier alpha value is -1.10. The maximum atomic E-state index is 11.7. The molecular weight excluding hydrogens is 264 g/mol. The zero-order valence-corrected chi connectivity index (χ0v) is 11.6. The van der Waals surface area contributed by atoms with Gasteiger partial charge in [0.15, 0.2) is 0 Å². The second-order valence-corrected chi connectivity index (χ2v) is 5.42. The summed E-state index contributed by atoms with van der Waals surface area (Å²) in [6.07, 6.45) is 1.38. The van der Waals surface area contributed by atoms with E-state index in [-0.39, 0.29) is 5.91 Å². The molecule has 0 aliphatic carbocycles. The standard InChI is InChI=1S/C14H19ClN2O2/c15-12-3-1-11(2-4-12)9-17-10-14(13(16)18)5-7-19-8-6-14/h1-4,17H,5-10H2,(H2,16,18). The molecule has 1 fully saturated rings. The number of amides is 1. The van der Waals surface area contributed by atoms with Crippen molar-refractivity contribution in [2.24, 2.45) is 11.1 Å².